The SMILES string of the molecule is CCc1ccc2c(c1CC)C(c1ccccc1)=C(c1ccccc1)C2(C(=O)O)C(=O)O. The van der Waals surface area contributed by atoms with Crippen LogP contribution in [0.25, 0.3) is 11.1 Å². The molecule has 2 N–H and O–H groups in total. The average molecular weight is 412 g/mol. The molecule has 3 aromatic rings. The smallest absolute Gasteiger partial charge is 0.330 e. The predicted molar refractivity (Wildman–Crippen MR) is 121 cm³/mol. The lowest BCUT2D eigenvalue weighted by Gasteiger charge is -2.26. The largest absolute Gasteiger partial charge is 0.480 e. The third kappa shape index (κ3) is 2.90. The molecule has 0 spiro atoms. The first kappa shape index (κ1) is 20.6. The highest BCUT2D eigenvalue weighted by Crippen LogP contribution is 2.55. The van der Waals surface area contributed by atoms with Crippen LogP contribution in [0.3, 0.4) is 0 Å². The minimum atomic E-state index is -2.18. The van der Waals surface area contributed by atoms with E-state index in [0.717, 1.165) is 28.7 Å². The van der Waals surface area contributed by atoms with Gasteiger partial charge in [0.15, 0.2) is 0 Å². The first-order chi connectivity index (χ1) is 15.0. The fraction of sp³-hybridized carbons (Fsp3) is 0.185. The molecule has 4 heteroatoms. The average Bonchev–Trinajstić information content (AvgIpc) is 3.11. The summed E-state index contributed by atoms with van der Waals surface area (Å²) in [4.78, 5) is 25.7. The van der Waals surface area contributed by atoms with Crippen LogP contribution in [0.5, 0.6) is 0 Å². The molecule has 0 heterocycles. The van der Waals surface area contributed by atoms with E-state index in [1.54, 1.807) is 30.3 Å². The van der Waals surface area contributed by atoms with Crippen LogP contribution in [0.1, 0.15) is 47.2 Å². The molecule has 1 aliphatic carbocycles. The summed E-state index contributed by atoms with van der Waals surface area (Å²) in [6, 6.07) is 22.1. The fourth-order valence-electron chi connectivity index (χ4n) is 4.87. The van der Waals surface area contributed by atoms with Gasteiger partial charge in [-0.05, 0) is 51.8 Å². The number of rotatable bonds is 6. The Morgan fingerprint density at radius 3 is 1.77 bits per heavy atom. The minimum Gasteiger partial charge on any atom is -0.480 e. The highest BCUT2D eigenvalue weighted by atomic mass is 16.4. The Morgan fingerprint density at radius 2 is 1.29 bits per heavy atom. The van der Waals surface area contributed by atoms with Gasteiger partial charge in [0.05, 0.1) is 0 Å². The third-order valence-electron chi connectivity index (χ3n) is 6.19. The van der Waals surface area contributed by atoms with Crippen LogP contribution in [0.2, 0.25) is 0 Å². The number of carboxylic acid groups (broad SMARTS) is 2. The molecule has 0 aliphatic heterocycles. The number of fused-ring (bicyclic) bond motifs is 1. The Kier molecular flexibility index (Phi) is 5.24. The summed E-state index contributed by atoms with van der Waals surface area (Å²) in [5.74, 6) is -2.75. The number of carboxylic acids is 2. The van der Waals surface area contributed by atoms with Gasteiger partial charge in [-0.3, -0.25) is 9.59 Å². The van der Waals surface area contributed by atoms with Gasteiger partial charge in [-0.15, -0.1) is 0 Å². The second-order valence-corrected chi connectivity index (χ2v) is 7.68. The van der Waals surface area contributed by atoms with E-state index in [1.807, 2.05) is 49.4 Å². The zero-order chi connectivity index (χ0) is 22.2. The summed E-state index contributed by atoms with van der Waals surface area (Å²) in [5.41, 5.74) is 3.44. The molecule has 0 fully saturated rings. The summed E-state index contributed by atoms with van der Waals surface area (Å²) >= 11 is 0. The molecule has 156 valence electrons. The maximum atomic E-state index is 12.8. The molecule has 0 atom stereocenters. The molecule has 1 aliphatic rings. The highest BCUT2D eigenvalue weighted by molar-refractivity contribution is 6.27. The lowest BCUT2D eigenvalue weighted by Crippen LogP contribution is -2.43. The van der Waals surface area contributed by atoms with Crippen LogP contribution >= 0.6 is 0 Å². The summed E-state index contributed by atoms with van der Waals surface area (Å²) in [6.45, 7) is 4.09. The molecular formula is C27H24O4. The quantitative estimate of drug-likeness (QED) is 0.546. The molecule has 31 heavy (non-hydrogen) atoms. The van der Waals surface area contributed by atoms with Crippen LogP contribution in [-0.4, -0.2) is 22.2 Å². The van der Waals surface area contributed by atoms with Crippen molar-refractivity contribution in [2.45, 2.75) is 32.1 Å². The summed E-state index contributed by atoms with van der Waals surface area (Å²) in [7, 11) is 0. The van der Waals surface area contributed by atoms with E-state index in [1.165, 1.54) is 0 Å². The molecule has 4 rings (SSSR count). The van der Waals surface area contributed by atoms with Gasteiger partial charge < -0.3 is 10.2 Å². The van der Waals surface area contributed by atoms with E-state index in [-0.39, 0.29) is 0 Å². The second kappa shape index (κ2) is 7.88. The van der Waals surface area contributed by atoms with E-state index in [4.69, 9.17) is 0 Å². The fourth-order valence-corrected chi connectivity index (χ4v) is 4.87. The Hall–Kier alpha value is -3.66. The first-order valence-corrected chi connectivity index (χ1v) is 10.5. The molecule has 0 saturated carbocycles. The van der Waals surface area contributed by atoms with Crippen molar-refractivity contribution >= 4 is 23.1 Å². The monoisotopic (exact) mass is 412 g/mol. The van der Waals surface area contributed by atoms with Crippen LogP contribution in [0.4, 0.5) is 0 Å². The first-order valence-electron chi connectivity index (χ1n) is 10.5. The number of aryl methyl sites for hydroxylation is 1. The summed E-state index contributed by atoms with van der Waals surface area (Å²) in [5, 5.41) is 20.9. The van der Waals surface area contributed by atoms with Gasteiger partial charge in [0.2, 0.25) is 5.41 Å². The van der Waals surface area contributed by atoms with Crippen molar-refractivity contribution in [2.75, 3.05) is 0 Å². The van der Waals surface area contributed by atoms with Gasteiger partial charge in [0.25, 0.3) is 0 Å². The Morgan fingerprint density at radius 1 is 0.742 bits per heavy atom. The van der Waals surface area contributed by atoms with Gasteiger partial charge in [-0.1, -0.05) is 86.6 Å². The minimum absolute atomic E-state index is 0.317. The van der Waals surface area contributed by atoms with Crippen LogP contribution in [0, 0.1) is 0 Å². The Bertz CT molecular complexity index is 1180. The number of aliphatic carboxylic acids is 2. The van der Waals surface area contributed by atoms with E-state index in [9.17, 15) is 19.8 Å². The third-order valence-corrected chi connectivity index (χ3v) is 6.19. The summed E-state index contributed by atoms with van der Waals surface area (Å²) in [6.07, 6.45) is 1.46. The molecule has 3 aromatic carbocycles. The molecular weight excluding hydrogens is 388 g/mol. The lowest BCUT2D eigenvalue weighted by molar-refractivity contribution is -0.153. The number of benzene rings is 3. The maximum Gasteiger partial charge on any atom is 0.330 e. The molecule has 0 bridgehead atoms. The molecule has 0 radical (unpaired) electrons. The van der Waals surface area contributed by atoms with Crippen molar-refractivity contribution < 1.29 is 19.8 Å². The maximum absolute atomic E-state index is 12.8. The lowest BCUT2D eigenvalue weighted by atomic mass is 9.74. The molecule has 0 amide bonds. The van der Waals surface area contributed by atoms with Crippen molar-refractivity contribution in [2.24, 2.45) is 0 Å². The van der Waals surface area contributed by atoms with Crippen molar-refractivity contribution in [3.8, 4) is 0 Å². The predicted octanol–water partition coefficient (Wildman–Crippen LogP) is 5.19. The van der Waals surface area contributed by atoms with Gasteiger partial charge >= 0.3 is 11.9 Å². The van der Waals surface area contributed by atoms with Crippen LogP contribution in [-0.2, 0) is 27.8 Å². The normalized spacial score (nSPS) is 14.4. The topological polar surface area (TPSA) is 74.6 Å². The van der Waals surface area contributed by atoms with E-state index in [2.05, 4.69) is 6.92 Å². The molecule has 0 aromatic heterocycles. The van der Waals surface area contributed by atoms with Gasteiger partial charge in [-0.2, -0.15) is 0 Å². The van der Waals surface area contributed by atoms with Crippen molar-refractivity contribution in [3.05, 3.63) is 106 Å². The molecule has 4 nitrogen and oxygen atoms in total. The highest BCUT2D eigenvalue weighted by Gasteiger charge is 2.58. The van der Waals surface area contributed by atoms with Crippen molar-refractivity contribution in [1.82, 2.24) is 0 Å². The van der Waals surface area contributed by atoms with E-state index < -0.39 is 17.4 Å². The van der Waals surface area contributed by atoms with Gasteiger partial charge in [0, 0.05) is 5.57 Å². The number of hydrogen-bond acceptors (Lipinski definition) is 2. The zero-order valence-corrected chi connectivity index (χ0v) is 17.6. The van der Waals surface area contributed by atoms with Gasteiger partial charge in [0.1, 0.15) is 0 Å². The van der Waals surface area contributed by atoms with Gasteiger partial charge in [-0.25, -0.2) is 0 Å². The summed E-state index contributed by atoms with van der Waals surface area (Å²) < 4.78 is 0. The second-order valence-electron chi connectivity index (χ2n) is 7.68. The van der Waals surface area contributed by atoms with Crippen molar-refractivity contribution in [1.29, 1.82) is 0 Å². The number of hydrogen-bond donors (Lipinski definition) is 2. The van der Waals surface area contributed by atoms with Crippen LogP contribution < -0.4 is 0 Å². The van der Waals surface area contributed by atoms with Crippen LogP contribution in [0.15, 0.2) is 72.8 Å². The van der Waals surface area contributed by atoms with Crippen molar-refractivity contribution in [3.63, 3.8) is 0 Å². The molecule has 0 unspecified atom stereocenters. The van der Waals surface area contributed by atoms with E-state index in [0.29, 0.717) is 28.7 Å². The van der Waals surface area contributed by atoms with E-state index >= 15 is 0 Å². The molecule has 0 saturated heterocycles. The Balaban J connectivity index is 2.28. The zero-order valence-electron chi connectivity index (χ0n) is 17.6. The Labute approximate surface area is 181 Å². The standard InChI is InChI=1S/C27H24O4/c1-3-17-15-16-21-23(20(17)4-2)22(18-11-7-5-8-12-18)24(19-13-9-6-10-14-19)27(21,25(28)29)26(30)31/h5-16H,3-4H2,1-2H3,(H,28,29)(H,30,31). The number of carbonyl (C=O) groups is 2.